The van der Waals surface area contributed by atoms with E-state index in [-0.39, 0.29) is 0 Å². The Morgan fingerprint density at radius 1 is 1.26 bits per heavy atom. The van der Waals surface area contributed by atoms with Crippen LogP contribution >= 0.6 is 0 Å². The van der Waals surface area contributed by atoms with Gasteiger partial charge in [0.1, 0.15) is 0 Å². The molecule has 0 amide bonds. The first-order valence-electron chi connectivity index (χ1n) is 11.1. The number of hydrogen-bond donors (Lipinski definition) is 1. The van der Waals surface area contributed by atoms with Gasteiger partial charge in [0, 0.05) is 49.5 Å². The number of ether oxygens (including phenoxy) is 1. The first kappa shape index (κ1) is 21.2. The number of nitrogens with two attached hydrogens (primary N) is 1. The fourth-order valence-electron chi connectivity index (χ4n) is 4.03. The molecule has 0 atom stereocenters. The van der Waals surface area contributed by atoms with E-state index in [0.717, 1.165) is 73.5 Å². The van der Waals surface area contributed by atoms with Gasteiger partial charge in [0.05, 0.1) is 41.5 Å². The molecule has 0 aromatic carbocycles. The van der Waals surface area contributed by atoms with Crippen molar-refractivity contribution >= 4 is 17.3 Å². The van der Waals surface area contributed by atoms with E-state index in [1.54, 1.807) is 12.4 Å². The van der Waals surface area contributed by atoms with E-state index in [9.17, 15) is 0 Å². The zero-order valence-corrected chi connectivity index (χ0v) is 18.3. The molecule has 1 fully saturated rings. The van der Waals surface area contributed by atoms with Crippen molar-refractivity contribution in [3.8, 4) is 11.3 Å². The lowest BCUT2D eigenvalue weighted by Crippen LogP contribution is -2.17. The highest BCUT2D eigenvalue weighted by atomic mass is 16.5. The molecule has 0 unspecified atom stereocenters. The highest BCUT2D eigenvalue weighted by Gasteiger charge is 2.16. The predicted molar refractivity (Wildman–Crippen MR) is 123 cm³/mol. The average Bonchev–Trinajstić information content (AvgIpc) is 3.48. The fraction of sp³-hybridized carbons (Fsp3) is 0.478. The third kappa shape index (κ3) is 4.69. The number of fused-ring (bicyclic) bond motifs is 1. The van der Waals surface area contributed by atoms with E-state index in [2.05, 4.69) is 35.2 Å². The van der Waals surface area contributed by atoms with Gasteiger partial charge in [-0.25, -0.2) is 9.50 Å². The number of allylic oxidation sites excluding steroid dienone is 1. The largest absolute Gasteiger partial charge is 0.404 e. The minimum Gasteiger partial charge on any atom is -0.404 e. The van der Waals surface area contributed by atoms with Gasteiger partial charge in [-0.3, -0.25) is 9.67 Å². The van der Waals surface area contributed by atoms with Gasteiger partial charge < -0.3 is 10.5 Å². The molecular formula is C23H31N7O. The average molecular weight is 422 g/mol. The molecule has 1 aliphatic heterocycles. The fourth-order valence-corrected chi connectivity index (χ4v) is 4.03. The minimum absolute atomic E-state index is 0.384. The van der Waals surface area contributed by atoms with Crippen molar-refractivity contribution in [1.82, 2.24) is 24.4 Å². The molecule has 8 heteroatoms. The molecule has 0 saturated carbocycles. The van der Waals surface area contributed by atoms with Crippen molar-refractivity contribution in [3.05, 3.63) is 42.7 Å². The van der Waals surface area contributed by atoms with Crippen LogP contribution in [-0.4, -0.2) is 50.4 Å². The van der Waals surface area contributed by atoms with E-state index in [1.165, 1.54) is 0 Å². The summed E-state index contributed by atoms with van der Waals surface area (Å²) < 4.78 is 9.30. The Hall–Kier alpha value is -3.00. The molecule has 0 aliphatic carbocycles. The summed E-state index contributed by atoms with van der Waals surface area (Å²) in [4.78, 5) is 9.58. The van der Waals surface area contributed by atoms with Gasteiger partial charge in [0.25, 0.3) is 0 Å². The molecule has 31 heavy (non-hydrogen) atoms. The third-order valence-corrected chi connectivity index (χ3v) is 5.99. The second kappa shape index (κ2) is 9.87. The van der Waals surface area contributed by atoms with E-state index in [4.69, 9.17) is 15.5 Å². The van der Waals surface area contributed by atoms with E-state index >= 15 is 0 Å². The summed E-state index contributed by atoms with van der Waals surface area (Å²) in [6.45, 7) is 6.79. The van der Waals surface area contributed by atoms with Crippen LogP contribution in [0.15, 0.2) is 42.0 Å². The summed E-state index contributed by atoms with van der Waals surface area (Å²) >= 11 is 0. The SMILES string of the molecule is CCC(CC)n1cc(-c2nc(C(C=NCC3CCOCC3)=CN)cn3nccc23)cn1. The molecule has 4 heterocycles. The molecule has 3 aromatic heterocycles. The summed E-state index contributed by atoms with van der Waals surface area (Å²) in [5, 5.41) is 9.03. The normalized spacial score (nSPS) is 16.2. The smallest absolute Gasteiger partial charge is 0.0999 e. The van der Waals surface area contributed by atoms with Gasteiger partial charge in [0.2, 0.25) is 0 Å². The molecule has 3 aromatic rings. The Labute approximate surface area is 182 Å². The highest BCUT2D eigenvalue weighted by Crippen LogP contribution is 2.26. The standard InChI is InChI=1S/C23H31N7O/c1-3-20(4-2)29-15-19(14-27-29)23-22-5-8-26-30(22)16-21(28-23)18(11-24)13-25-12-17-6-9-31-10-7-17/h5,8,11,13-17,20H,3-4,6-7,9-10,12,24H2,1-2H3. The predicted octanol–water partition coefficient (Wildman–Crippen LogP) is 3.75. The molecule has 1 aliphatic rings. The summed E-state index contributed by atoms with van der Waals surface area (Å²) in [6, 6.07) is 2.35. The number of nitrogens with zero attached hydrogens (tertiary/aromatic N) is 6. The highest BCUT2D eigenvalue weighted by molar-refractivity contribution is 6.09. The maximum Gasteiger partial charge on any atom is 0.0999 e. The van der Waals surface area contributed by atoms with Gasteiger partial charge in [-0.05, 0) is 37.7 Å². The number of rotatable bonds is 8. The number of hydrogen-bond acceptors (Lipinski definition) is 6. The van der Waals surface area contributed by atoms with Crippen molar-refractivity contribution in [1.29, 1.82) is 0 Å². The topological polar surface area (TPSA) is 95.6 Å². The van der Waals surface area contributed by atoms with Crippen molar-refractivity contribution in [2.24, 2.45) is 16.6 Å². The zero-order valence-electron chi connectivity index (χ0n) is 18.3. The van der Waals surface area contributed by atoms with Crippen LogP contribution in [-0.2, 0) is 4.74 Å². The quantitative estimate of drug-likeness (QED) is 0.559. The van der Waals surface area contributed by atoms with Crippen LogP contribution in [0.3, 0.4) is 0 Å². The van der Waals surface area contributed by atoms with Crippen LogP contribution < -0.4 is 5.73 Å². The van der Waals surface area contributed by atoms with Crippen molar-refractivity contribution < 1.29 is 4.74 Å². The van der Waals surface area contributed by atoms with Crippen LogP contribution in [0.2, 0.25) is 0 Å². The van der Waals surface area contributed by atoms with Crippen LogP contribution in [0.1, 0.15) is 51.3 Å². The second-order valence-electron chi connectivity index (χ2n) is 7.99. The lowest BCUT2D eigenvalue weighted by molar-refractivity contribution is 0.0690. The van der Waals surface area contributed by atoms with Gasteiger partial charge in [-0.2, -0.15) is 10.2 Å². The molecule has 8 nitrogen and oxygen atoms in total. The first-order chi connectivity index (χ1) is 15.2. The van der Waals surface area contributed by atoms with Gasteiger partial charge >= 0.3 is 0 Å². The minimum atomic E-state index is 0.384. The Morgan fingerprint density at radius 3 is 2.81 bits per heavy atom. The second-order valence-corrected chi connectivity index (χ2v) is 7.99. The summed E-state index contributed by atoms with van der Waals surface area (Å²) in [5.41, 5.74) is 10.2. The lowest BCUT2D eigenvalue weighted by atomic mass is 10.0. The molecule has 1 saturated heterocycles. The molecule has 0 radical (unpaired) electrons. The van der Waals surface area contributed by atoms with Crippen LogP contribution in [0, 0.1) is 5.92 Å². The Kier molecular flexibility index (Phi) is 6.76. The summed E-state index contributed by atoms with van der Waals surface area (Å²) in [7, 11) is 0. The van der Waals surface area contributed by atoms with Crippen molar-refractivity contribution in [2.45, 2.75) is 45.6 Å². The van der Waals surface area contributed by atoms with Crippen LogP contribution in [0.4, 0.5) is 0 Å². The summed E-state index contributed by atoms with van der Waals surface area (Å²) in [6.07, 6.45) is 15.2. The maximum atomic E-state index is 5.95. The number of aliphatic imine (C=N–C) groups is 1. The lowest BCUT2D eigenvalue weighted by Gasteiger charge is -2.19. The van der Waals surface area contributed by atoms with E-state index in [1.807, 2.05) is 33.9 Å². The Morgan fingerprint density at radius 2 is 2.06 bits per heavy atom. The zero-order chi connectivity index (χ0) is 21.6. The summed E-state index contributed by atoms with van der Waals surface area (Å²) in [5.74, 6) is 0.567. The molecular weight excluding hydrogens is 390 g/mol. The monoisotopic (exact) mass is 421 g/mol. The van der Waals surface area contributed by atoms with Gasteiger partial charge in [0.15, 0.2) is 0 Å². The molecule has 4 rings (SSSR count). The molecule has 2 N–H and O–H groups in total. The van der Waals surface area contributed by atoms with Crippen molar-refractivity contribution in [2.75, 3.05) is 19.8 Å². The number of aromatic nitrogens is 5. The van der Waals surface area contributed by atoms with E-state index in [0.29, 0.717) is 12.0 Å². The van der Waals surface area contributed by atoms with E-state index < -0.39 is 0 Å². The Bertz CT molecular complexity index is 1060. The van der Waals surface area contributed by atoms with Crippen molar-refractivity contribution in [3.63, 3.8) is 0 Å². The Balaban J connectivity index is 1.63. The van der Waals surface area contributed by atoms with Gasteiger partial charge in [-0.15, -0.1) is 0 Å². The third-order valence-electron chi connectivity index (χ3n) is 5.99. The van der Waals surface area contributed by atoms with Crippen LogP contribution in [0.25, 0.3) is 22.3 Å². The van der Waals surface area contributed by atoms with Gasteiger partial charge in [-0.1, -0.05) is 13.8 Å². The maximum absolute atomic E-state index is 5.95. The van der Waals surface area contributed by atoms with Crippen LogP contribution in [0.5, 0.6) is 0 Å². The molecule has 0 spiro atoms. The first-order valence-corrected chi connectivity index (χ1v) is 11.1. The molecule has 0 bridgehead atoms. The molecule has 164 valence electrons.